The first kappa shape index (κ1) is 18.3. The SMILES string of the molecule is CC(C)(C)OC(=O)NCc1ccnc(Oc2ccc(C(=O)O)cc2)c1. The van der Waals surface area contributed by atoms with Crippen molar-refractivity contribution >= 4 is 12.1 Å². The molecule has 132 valence electrons. The Kier molecular flexibility index (Phi) is 5.59. The van der Waals surface area contributed by atoms with Gasteiger partial charge in [-0.2, -0.15) is 0 Å². The van der Waals surface area contributed by atoms with E-state index in [2.05, 4.69) is 10.3 Å². The van der Waals surface area contributed by atoms with Crippen LogP contribution in [0.3, 0.4) is 0 Å². The number of alkyl carbamates (subject to hydrolysis) is 1. The van der Waals surface area contributed by atoms with Crippen molar-refractivity contribution in [1.29, 1.82) is 0 Å². The molecule has 0 atom stereocenters. The molecule has 1 heterocycles. The highest BCUT2D eigenvalue weighted by atomic mass is 16.6. The van der Waals surface area contributed by atoms with Gasteiger partial charge in [-0.15, -0.1) is 0 Å². The summed E-state index contributed by atoms with van der Waals surface area (Å²) in [6.45, 7) is 5.65. The van der Waals surface area contributed by atoms with Crippen molar-refractivity contribution in [1.82, 2.24) is 10.3 Å². The number of nitrogens with zero attached hydrogens (tertiary/aromatic N) is 1. The van der Waals surface area contributed by atoms with E-state index in [1.54, 1.807) is 51.2 Å². The third-order valence-corrected chi connectivity index (χ3v) is 2.96. The molecule has 0 aliphatic carbocycles. The van der Waals surface area contributed by atoms with E-state index in [9.17, 15) is 9.59 Å². The van der Waals surface area contributed by atoms with Gasteiger partial charge in [-0.1, -0.05) is 0 Å². The van der Waals surface area contributed by atoms with E-state index in [-0.39, 0.29) is 12.1 Å². The summed E-state index contributed by atoms with van der Waals surface area (Å²) in [5.74, 6) is -0.193. The second-order valence-electron chi connectivity index (χ2n) is 6.29. The Labute approximate surface area is 145 Å². The number of carbonyl (C=O) groups excluding carboxylic acids is 1. The summed E-state index contributed by atoms with van der Waals surface area (Å²) in [5.41, 5.74) is 0.409. The quantitative estimate of drug-likeness (QED) is 0.860. The number of carboxylic acids is 1. The van der Waals surface area contributed by atoms with Crippen molar-refractivity contribution in [2.24, 2.45) is 0 Å². The Balaban J connectivity index is 1.96. The number of amides is 1. The molecule has 0 radical (unpaired) electrons. The van der Waals surface area contributed by atoms with E-state index in [1.807, 2.05) is 0 Å². The average molecular weight is 344 g/mol. The minimum atomic E-state index is -1.00. The lowest BCUT2D eigenvalue weighted by molar-refractivity contribution is 0.0523. The summed E-state index contributed by atoms with van der Waals surface area (Å²) >= 11 is 0. The van der Waals surface area contributed by atoms with Gasteiger partial charge in [-0.3, -0.25) is 0 Å². The second-order valence-corrected chi connectivity index (χ2v) is 6.29. The molecule has 0 fully saturated rings. The third-order valence-electron chi connectivity index (χ3n) is 2.96. The highest BCUT2D eigenvalue weighted by molar-refractivity contribution is 5.87. The predicted molar refractivity (Wildman–Crippen MR) is 90.8 cm³/mol. The predicted octanol–water partition coefficient (Wildman–Crippen LogP) is 3.60. The number of ether oxygens (including phenoxy) is 2. The first-order valence-corrected chi connectivity index (χ1v) is 7.66. The van der Waals surface area contributed by atoms with Crippen LogP contribution in [0.4, 0.5) is 4.79 Å². The highest BCUT2D eigenvalue weighted by Gasteiger charge is 2.15. The Morgan fingerprint density at radius 1 is 1.16 bits per heavy atom. The van der Waals surface area contributed by atoms with Crippen LogP contribution >= 0.6 is 0 Å². The molecule has 0 aliphatic heterocycles. The number of pyridine rings is 1. The van der Waals surface area contributed by atoms with Gasteiger partial charge < -0.3 is 19.9 Å². The fraction of sp³-hybridized carbons (Fsp3) is 0.278. The second kappa shape index (κ2) is 7.65. The van der Waals surface area contributed by atoms with Crippen molar-refractivity contribution in [2.75, 3.05) is 0 Å². The monoisotopic (exact) mass is 344 g/mol. The fourth-order valence-corrected chi connectivity index (χ4v) is 1.89. The highest BCUT2D eigenvalue weighted by Crippen LogP contribution is 2.20. The zero-order chi connectivity index (χ0) is 18.4. The Morgan fingerprint density at radius 2 is 1.84 bits per heavy atom. The van der Waals surface area contributed by atoms with Gasteiger partial charge in [0.15, 0.2) is 0 Å². The number of carbonyl (C=O) groups is 2. The first-order valence-electron chi connectivity index (χ1n) is 7.66. The molecule has 25 heavy (non-hydrogen) atoms. The summed E-state index contributed by atoms with van der Waals surface area (Å²) < 4.78 is 10.8. The number of hydrogen-bond acceptors (Lipinski definition) is 5. The molecule has 2 aromatic rings. The van der Waals surface area contributed by atoms with Crippen LogP contribution < -0.4 is 10.1 Å². The van der Waals surface area contributed by atoms with Gasteiger partial charge in [-0.25, -0.2) is 14.6 Å². The van der Waals surface area contributed by atoms with Crippen LogP contribution in [-0.4, -0.2) is 27.8 Å². The van der Waals surface area contributed by atoms with Gasteiger partial charge in [0, 0.05) is 18.8 Å². The molecular formula is C18H20N2O5. The maximum Gasteiger partial charge on any atom is 0.407 e. The number of aromatic nitrogens is 1. The maximum absolute atomic E-state index is 11.7. The summed E-state index contributed by atoms with van der Waals surface area (Å²) in [6.07, 6.45) is 1.06. The Morgan fingerprint density at radius 3 is 2.44 bits per heavy atom. The average Bonchev–Trinajstić information content (AvgIpc) is 2.52. The lowest BCUT2D eigenvalue weighted by Crippen LogP contribution is -2.32. The van der Waals surface area contributed by atoms with Crippen LogP contribution in [0.2, 0.25) is 0 Å². The number of nitrogens with one attached hydrogen (secondary N) is 1. The number of aromatic carboxylic acids is 1. The van der Waals surface area contributed by atoms with Crippen LogP contribution in [-0.2, 0) is 11.3 Å². The van der Waals surface area contributed by atoms with Gasteiger partial charge in [0.05, 0.1) is 5.56 Å². The summed E-state index contributed by atoms with van der Waals surface area (Å²) in [5, 5.41) is 11.5. The minimum Gasteiger partial charge on any atom is -0.478 e. The Bertz CT molecular complexity index is 751. The molecule has 7 heteroatoms. The van der Waals surface area contributed by atoms with Crippen LogP contribution in [0, 0.1) is 0 Å². The number of rotatable bonds is 5. The van der Waals surface area contributed by atoms with Gasteiger partial charge in [0.25, 0.3) is 0 Å². The molecule has 2 N–H and O–H groups in total. The van der Waals surface area contributed by atoms with Crippen LogP contribution in [0.5, 0.6) is 11.6 Å². The molecule has 1 aromatic carbocycles. The minimum absolute atomic E-state index is 0.177. The van der Waals surface area contributed by atoms with Crippen molar-refractivity contribution in [2.45, 2.75) is 32.9 Å². The number of carboxylic acid groups (broad SMARTS) is 1. The van der Waals surface area contributed by atoms with Gasteiger partial charge in [0.2, 0.25) is 5.88 Å². The molecule has 0 aliphatic rings. The Hall–Kier alpha value is -3.09. The lowest BCUT2D eigenvalue weighted by Gasteiger charge is -2.19. The topological polar surface area (TPSA) is 97.8 Å². The third kappa shape index (κ3) is 6.14. The molecule has 0 bridgehead atoms. The van der Waals surface area contributed by atoms with Crippen LogP contribution in [0.15, 0.2) is 42.6 Å². The normalized spacial score (nSPS) is 10.8. The van der Waals surface area contributed by atoms with E-state index in [4.69, 9.17) is 14.6 Å². The van der Waals surface area contributed by atoms with Gasteiger partial charge in [-0.05, 0) is 56.7 Å². The van der Waals surface area contributed by atoms with Crippen molar-refractivity contribution in [3.8, 4) is 11.6 Å². The molecular weight excluding hydrogens is 324 g/mol. The number of hydrogen-bond donors (Lipinski definition) is 2. The summed E-state index contributed by atoms with van der Waals surface area (Å²) in [6, 6.07) is 9.44. The maximum atomic E-state index is 11.7. The van der Waals surface area contributed by atoms with Crippen LogP contribution in [0.1, 0.15) is 36.7 Å². The van der Waals surface area contributed by atoms with E-state index < -0.39 is 17.7 Å². The molecule has 1 aromatic heterocycles. The number of benzene rings is 1. The smallest absolute Gasteiger partial charge is 0.407 e. The summed E-state index contributed by atoms with van der Waals surface area (Å²) in [7, 11) is 0. The van der Waals surface area contributed by atoms with Gasteiger partial charge >= 0.3 is 12.1 Å². The van der Waals surface area contributed by atoms with E-state index in [0.717, 1.165) is 5.56 Å². The molecule has 2 rings (SSSR count). The van der Waals surface area contributed by atoms with Crippen molar-refractivity contribution in [3.05, 3.63) is 53.7 Å². The van der Waals surface area contributed by atoms with E-state index in [0.29, 0.717) is 11.6 Å². The van der Waals surface area contributed by atoms with Crippen LogP contribution in [0.25, 0.3) is 0 Å². The van der Waals surface area contributed by atoms with Crippen molar-refractivity contribution < 1.29 is 24.2 Å². The molecule has 0 spiro atoms. The largest absolute Gasteiger partial charge is 0.478 e. The standard InChI is InChI=1S/C18H20N2O5/c1-18(2,3)25-17(23)20-11-12-8-9-19-15(10-12)24-14-6-4-13(5-7-14)16(21)22/h4-10H,11H2,1-3H3,(H,20,23)(H,21,22). The molecule has 0 saturated heterocycles. The fourth-order valence-electron chi connectivity index (χ4n) is 1.89. The van der Waals surface area contributed by atoms with Gasteiger partial charge in [0.1, 0.15) is 11.4 Å². The molecule has 7 nitrogen and oxygen atoms in total. The first-order chi connectivity index (χ1) is 11.7. The zero-order valence-corrected chi connectivity index (χ0v) is 14.3. The lowest BCUT2D eigenvalue weighted by atomic mass is 10.2. The van der Waals surface area contributed by atoms with Crippen molar-refractivity contribution in [3.63, 3.8) is 0 Å². The molecule has 0 unspecified atom stereocenters. The van der Waals surface area contributed by atoms with E-state index in [1.165, 1.54) is 12.1 Å². The summed E-state index contributed by atoms with van der Waals surface area (Å²) in [4.78, 5) is 26.6. The molecule has 0 saturated carbocycles. The van der Waals surface area contributed by atoms with E-state index >= 15 is 0 Å². The zero-order valence-electron chi connectivity index (χ0n) is 14.3. The molecule has 1 amide bonds.